The number of anilines is 2. The second kappa shape index (κ2) is 7.23. The first-order valence-corrected chi connectivity index (χ1v) is 6.96. The molecule has 0 aliphatic heterocycles. The minimum atomic E-state index is 0.219. The van der Waals surface area contributed by atoms with Crippen molar-refractivity contribution in [2.45, 2.75) is 41.0 Å². The van der Waals surface area contributed by atoms with E-state index in [2.05, 4.69) is 53.4 Å². The number of nitrogen functional groups attached to an aromatic ring is 1. The largest absolute Gasteiger partial charge is 0.463 e. The zero-order valence-electron chi connectivity index (χ0n) is 13.0. The number of hydrogen-bond acceptors (Lipinski definition) is 7. The zero-order valence-corrected chi connectivity index (χ0v) is 13.0. The fourth-order valence-electron chi connectivity index (χ4n) is 1.31. The molecule has 1 heterocycles. The molecule has 0 aromatic carbocycles. The number of hydrogen-bond donors (Lipinski definition) is 3. The van der Waals surface area contributed by atoms with Gasteiger partial charge in [-0.1, -0.05) is 34.6 Å². The fraction of sp³-hybridized carbons (Fsp3) is 0.769. The zero-order chi connectivity index (χ0) is 15.2. The van der Waals surface area contributed by atoms with Gasteiger partial charge in [0.05, 0.1) is 6.61 Å². The number of rotatable bonds is 7. The normalized spacial score (nSPS) is 12.9. The highest BCUT2D eigenvalue weighted by molar-refractivity contribution is 5.34. The lowest BCUT2D eigenvalue weighted by Gasteiger charge is -2.27. The summed E-state index contributed by atoms with van der Waals surface area (Å²) >= 11 is 0. The molecular formula is C13H26N6O. The Balaban J connectivity index is 2.73. The van der Waals surface area contributed by atoms with E-state index in [1.165, 1.54) is 0 Å². The number of aromatic nitrogens is 3. The van der Waals surface area contributed by atoms with Crippen molar-refractivity contribution < 1.29 is 4.74 Å². The average molecular weight is 282 g/mol. The molecule has 0 radical (unpaired) electrons. The van der Waals surface area contributed by atoms with E-state index in [0.717, 1.165) is 13.0 Å². The van der Waals surface area contributed by atoms with Gasteiger partial charge in [0.1, 0.15) is 0 Å². The van der Waals surface area contributed by atoms with E-state index in [1.54, 1.807) is 0 Å². The Kier molecular flexibility index (Phi) is 5.94. The van der Waals surface area contributed by atoms with E-state index < -0.39 is 0 Å². The summed E-state index contributed by atoms with van der Waals surface area (Å²) in [4.78, 5) is 12.4. The molecule has 1 unspecified atom stereocenters. The molecule has 20 heavy (non-hydrogen) atoms. The molecule has 7 nitrogen and oxygen atoms in total. The van der Waals surface area contributed by atoms with Crippen molar-refractivity contribution in [2.75, 3.05) is 23.9 Å². The van der Waals surface area contributed by atoms with E-state index in [9.17, 15) is 0 Å². The van der Waals surface area contributed by atoms with Crippen molar-refractivity contribution in [3.05, 3.63) is 0 Å². The summed E-state index contributed by atoms with van der Waals surface area (Å²) in [6.07, 6.45) is 0.890. The molecule has 0 spiro atoms. The third-order valence-electron chi connectivity index (χ3n) is 3.22. The number of nitrogens with zero attached hydrogens (tertiary/aromatic N) is 3. The second-order valence-corrected chi connectivity index (χ2v) is 5.91. The average Bonchev–Trinajstić information content (AvgIpc) is 2.41. The van der Waals surface area contributed by atoms with Crippen LogP contribution >= 0.6 is 0 Å². The second-order valence-electron chi connectivity index (χ2n) is 5.91. The third kappa shape index (κ3) is 5.16. The predicted molar refractivity (Wildman–Crippen MR) is 80.5 cm³/mol. The highest BCUT2D eigenvalue weighted by Crippen LogP contribution is 2.25. The first-order valence-electron chi connectivity index (χ1n) is 6.96. The Hall–Kier alpha value is -1.63. The summed E-state index contributed by atoms with van der Waals surface area (Å²) < 4.78 is 5.41. The van der Waals surface area contributed by atoms with Crippen LogP contribution in [0.3, 0.4) is 0 Å². The van der Waals surface area contributed by atoms with Crippen LogP contribution in [0, 0.1) is 11.3 Å². The van der Waals surface area contributed by atoms with Gasteiger partial charge in [0, 0.05) is 6.54 Å². The summed E-state index contributed by atoms with van der Waals surface area (Å²) in [5.41, 5.74) is 2.64. The van der Waals surface area contributed by atoms with Gasteiger partial charge in [-0.15, -0.1) is 0 Å². The number of nitrogens with one attached hydrogen (secondary N) is 2. The number of nitrogens with two attached hydrogens (primary N) is 1. The highest BCUT2D eigenvalue weighted by atomic mass is 16.5. The van der Waals surface area contributed by atoms with Gasteiger partial charge in [-0.25, -0.2) is 5.84 Å². The van der Waals surface area contributed by atoms with Crippen LogP contribution in [0.15, 0.2) is 0 Å². The van der Waals surface area contributed by atoms with Crippen LogP contribution in [0.2, 0.25) is 0 Å². The topological polar surface area (TPSA) is 98.0 Å². The maximum absolute atomic E-state index is 5.41. The molecule has 0 saturated heterocycles. The van der Waals surface area contributed by atoms with Crippen molar-refractivity contribution >= 4 is 11.9 Å². The first kappa shape index (κ1) is 16.4. The van der Waals surface area contributed by atoms with Crippen molar-refractivity contribution in [1.82, 2.24) is 15.0 Å². The molecule has 7 heteroatoms. The molecule has 114 valence electrons. The van der Waals surface area contributed by atoms with Crippen molar-refractivity contribution in [1.29, 1.82) is 0 Å². The Bertz CT molecular complexity index is 418. The van der Waals surface area contributed by atoms with Crippen molar-refractivity contribution in [3.63, 3.8) is 0 Å². The van der Waals surface area contributed by atoms with Crippen LogP contribution in [0.4, 0.5) is 11.9 Å². The van der Waals surface area contributed by atoms with Gasteiger partial charge in [-0.2, -0.15) is 15.0 Å². The predicted octanol–water partition coefficient (Wildman–Crippen LogP) is 2.04. The first-order chi connectivity index (χ1) is 9.36. The lowest BCUT2D eigenvalue weighted by Crippen LogP contribution is -2.25. The Morgan fingerprint density at radius 1 is 1.20 bits per heavy atom. The molecular weight excluding hydrogens is 256 g/mol. The molecule has 1 rings (SSSR count). The molecule has 1 aromatic rings. The summed E-state index contributed by atoms with van der Waals surface area (Å²) in [6.45, 7) is 12.1. The van der Waals surface area contributed by atoms with E-state index >= 15 is 0 Å². The van der Waals surface area contributed by atoms with Gasteiger partial charge < -0.3 is 10.1 Å². The maximum atomic E-state index is 5.41. The molecule has 0 saturated carbocycles. The van der Waals surface area contributed by atoms with Gasteiger partial charge in [0.15, 0.2) is 0 Å². The van der Waals surface area contributed by atoms with E-state index in [4.69, 9.17) is 10.6 Å². The lowest BCUT2D eigenvalue weighted by molar-refractivity contribution is 0.273. The summed E-state index contributed by atoms with van der Waals surface area (Å²) in [5.74, 6) is 6.58. The fourth-order valence-corrected chi connectivity index (χ4v) is 1.31. The van der Waals surface area contributed by atoms with Gasteiger partial charge in [0.2, 0.25) is 11.9 Å². The van der Waals surface area contributed by atoms with E-state index in [0.29, 0.717) is 18.5 Å². The molecule has 1 atom stereocenters. The van der Waals surface area contributed by atoms with Crippen LogP contribution in [0.25, 0.3) is 0 Å². The van der Waals surface area contributed by atoms with Crippen LogP contribution in [-0.4, -0.2) is 28.1 Å². The van der Waals surface area contributed by atoms with Gasteiger partial charge >= 0.3 is 6.01 Å². The summed E-state index contributed by atoms with van der Waals surface area (Å²) in [5, 5.41) is 3.20. The minimum absolute atomic E-state index is 0.219. The molecule has 0 fully saturated rings. The van der Waals surface area contributed by atoms with Gasteiger partial charge in [-0.3, -0.25) is 5.43 Å². The number of hydrazine groups is 1. The minimum Gasteiger partial charge on any atom is -0.463 e. The lowest BCUT2D eigenvalue weighted by atomic mass is 9.82. The van der Waals surface area contributed by atoms with Crippen LogP contribution in [0.5, 0.6) is 6.01 Å². The highest BCUT2D eigenvalue weighted by Gasteiger charge is 2.20. The monoisotopic (exact) mass is 282 g/mol. The third-order valence-corrected chi connectivity index (χ3v) is 3.22. The number of ether oxygens (including phenoxy) is 1. The maximum Gasteiger partial charge on any atom is 0.323 e. The smallest absolute Gasteiger partial charge is 0.323 e. The molecule has 4 N–H and O–H groups in total. The van der Waals surface area contributed by atoms with Gasteiger partial charge in [-0.05, 0) is 17.8 Å². The van der Waals surface area contributed by atoms with Crippen LogP contribution in [-0.2, 0) is 0 Å². The Morgan fingerprint density at radius 3 is 2.40 bits per heavy atom. The van der Waals surface area contributed by atoms with Crippen LogP contribution < -0.4 is 21.3 Å². The summed E-state index contributed by atoms with van der Waals surface area (Å²) in [6, 6.07) is 0.278. The molecule has 0 aliphatic carbocycles. The van der Waals surface area contributed by atoms with Crippen molar-refractivity contribution in [3.8, 4) is 6.01 Å². The SMILES string of the molecule is CCCOc1nc(NN)nc(NCC(C)C(C)(C)C)n1. The molecule has 0 amide bonds. The Labute approximate surface area is 120 Å². The van der Waals surface area contributed by atoms with E-state index in [-0.39, 0.29) is 17.4 Å². The molecule has 0 bridgehead atoms. The van der Waals surface area contributed by atoms with Crippen LogP contribution in [0.1, 0.15) is 41.0 Å². The van der Waals surface area contributed by atoms with Crippen molar-refractivity contribution in [2.24, 2.45) is 17.2 Å². The van der Waals surface area contributed by atoms with Gasteiger partial charge in [0.25, 0.3) is 0 Å². The Morgan fingerprint density at radius 2 is 1.85 bits per heavy atom. The molecule has 0 aliphatic rings. The van der Waals surface area contributed by atoms with E-state index in [1.807, 2.05) is 6.92 Å². The quantitative estimate of drug-likeness (QED) is 0.520. The molecule has 1 aromatic heterocycles. The standard InChI is InChI=1S/C13H26N6O/c1-6-7-20-12-17-10(16-11(18-12)19-14)15-8-9(2)13(3,4)5/h9H,6-8,14H2,1-5H3,(H2,15,16,17,18,19). The summed E-state index contributed by atoms with van der Waals surface area (Å²) in [7, 11) is 0.